The van der Waals surface area contributed by atoms with Gasteiger partial charge in [-0.25, -0.2) is 18.9 Å². The largest absolute Gasteiger partial charge is 0.475 e. The van der Waals surface area contributed by atoms with Crippen LogP contribution in [0.15, 0.2) is 38.0 Å². The van der Waals surface area contributed by atoms with E-state index in [2.05, 4.69) is 35.7 Å². The molecule has 0 aliphatic rings. The predicted molar refractivity (Wildman–Crippen MR) is 193 cm³/mol. The van der Waals surface area contributed by atoms with Crippen molar-refractivity contribution in [2.75, 3.05) is 103 Å². The predicted octanol–water partition coefficient (Wildman–Crippen LogP) is 3.27. The number of carbonyl (C=O) groups excluding carboxylic acids is 3. The second-order valence-electron chi connectivity index (χ2n) is 14.8. The Balaban J connectivity index is 6.46. The maximum atomic E-state index is 14.6. The first-order valence-electron chi connectivity index (χ1n) is 16.5. The fourth-order valence-electron chi connectivity index (χ4n) is 5.11. The monoisotopic (exact) mass is 737 g/mol. The number of likely N-dealkylation sites (N-methyl/N-ethyl adjacent to an activating group) is 3. The van der Waals surface area contributed by atoms with Gasteiger partial charge in [0.15, 0.2) is 0 Å². The Hall–Kier alpha value is -2.98. The molecular formula is C33H66N6O10P+3. The zero-order valence-corrected chi connectivity index (χ0v) is 33.3. The average Bonchev–Trinajstić information content (AvgIpc) is 2.95. The summed E-state index contributed by atoms with van der Waals surface area (Å²) < 4.78 is 49.1. The Kier molecular flexibility index (Phi) is 20.1. The normalized spacial score (nSPS) is 17.0. The summed E-state index contributed by atoms with van der Waals surface area (Å²) in [6, 6.07) is -2.78. The number of carbonyl (C=O) groups is 3. The summed E-state index contributed by atoms with van der Waals surface area (Å²) in [5.41, 5.74) is 0. The van der Waals surface area contributed by atoms with Crippen molar-refractivity contribution in [3.63, 3.8) is 0 Å². The first-order chi connectivity index (χ1) is 22.9. The molecule has 0 heterocycles. The highest BCUT2D eigenvalue weighted by atomic mass is 31.2. The van der Waals surface area contributed by atoms with E-state index in [4.69, 9.17) is 27.8 Å². The van der Waals surface area contributed by atoms with Gasteiger partial charge in [0.1, 0.15) is 57.8 Å². The maximum absolute atomic E-state index is 14.6. The first kappa shape index (κ1) is 47.0. The zero-order chi connectivity index (χ0) is 38.9. The molecule has 0 aromatic rings. The molecule has 0 saturated carbocycles. The van der Waals surface area contributed by atoms with Crippen LogP contribution in [0, 0.1) is 0 Å². The van der Waals surface area contributed by atoms with E-state index in [0.29, 0.717) is 13.4 Å². The lowest BCUT2D eigenvalue weighted by Gasteiger charge is -2.40. The summed E-state index contributed by atoms with van der Waals surface area (Å²) in [5.74, 6) is 0. The summed E-state index contributed by atoms with van der Waals surface area (Å²) in [4.78, 5) is 37.1. The van der Waals surface area contributed by atoms with Crippen LogP contribution >= 0.6 is 7.82 Å². The van der Waals surface area contributed by atoms with Gasteiger partial charge in [-0.3, -0.25) is 13.6 Å². The third-order valence-electron chi connectivity index (χ3n) is 7.96. The lowest BCUT2D eigenvalue weighted by molar-refractivity contribution is -0.898. The maximum Gasteiger partial charge on any atom is 0.475 e. The molecule has 0 fully saturated rings. The lowest BCUT2D eigenvalue weighted by Crippen LogP contribution is -2.59. The molecule has 0 saturated heterocycles. The highest BCUT2D eigenvalue weighted by Gasteiger charge is 2.42. The molecule has 290 valence electrons. The lowest BCUT2D eigenvalue weighted by atomic mass is 10.1. The fraction of sp³-hybridized carbons (Fsp3) is 0.727. The number of nitrogens with zero attached hydrogens (tertiary/aromatic N) is 3. The van der Waals surface area contributed by atoms with Crippen molar-refractivity contribution in [1.29, 1.82) is 0 Å². The van der Waals surface area contributed by atoms with E-state index in [0.717, 1.165) is 0 Å². The quantitative estimate of drug-likeness (QED) is 0.0581. The topological polar surface area (TPSA) is 160 Å². The van der Waals surface area contributed by atoms with E-state index in [1.807, 2.05) is 63.4 Å². The standard InChI is InChI=1S/C33H63N6O10P/c1-16-19-44-31(40)34-25(4)28(37(7,8)9)22-47-50(43,48-23-29(38(10,11)12)26(5)35-32(41)45-20-17-2)49-24-30(39(13,14)15)27(6)36-33(42)46-21-18-3/h16-18,25-30H,1-3,19-24H2,4-15H3/p+3. The summed E-state index contributed by atoms with van der Waals surface area (Å²) in [6.07, 6.45) is 2.48. The molecule has 0 bridgehead atoms. The van der Waals surface area contributed by atoms with Crippen molar-refractivity contribution in [3.8, 4) is 0 Å². The van der Waals surface area contributed by atoms with Crippen molar-refractivity contribution in [2.45, 2.75) is 57.0 Å². The summed E-state index contributed by atoms with van der Waals surface area (Å²) in [7, 11) is 12.8. The summed E-state index contributed by atoms with van der Waals surface area (Å²) in [6.45, 7) is 15.7. The fourth-order valence-corrected chi connectivity index (χ4v) is 6.34. The Morgan fingerprint density at radius 2 is 0.760 bits per heavy atom. The van der Waals surface area contributed by atoms with Crippen LogP contribution in [-0.2, 0) is 32.3 Å². The van der Waals surface area contributed by atoms with E-state index < -0.39 is 62.4 Å². The van der Waals surface area contributed by atoms with Gasteiger partial charge < -0.3 is 43.6 Å². The minimum absolute atomic E-state index is 0.0421. The van der Waals surface area contributed by atoms with E-state index in [1.165, 1.54) is 18.2 Å². The highest BCUT2D eigenvalue weighted by molar-refractivity contribution is 7.48. The van der Waals surface area contributed by atoms with Gasteiger partial charge in [0, 0.05) is 0 Å². The molecule has 0 aromatic heterocycles. The molecule has 3 amide bonds. The SMILES string of the molecule is C=CCOC(=O)NC(C)C(COP(=O)(OCC(C(C)NC(=O)OCC=C)[N+](C)(C)C)OCC(C(C)NC(=O)OCC=C)[N+](C)(C)C)[N+](C)(C)C. The van der Waals surface area contributed by atoms with Gasteiger partial charge in [-0.05, 0) is 20.8 Å². The number of quaternary nitrogens is 3. The number of ether oxygens (including phenoxy) is 3. The van der Waals surface area contributed by atoms with Crippen LogP contribution in [0.4, 0.5) is 14.4 Å². The van der Waals surface area contributed by atoms with Crippen LogP contribution in [0.3, 0.4) is 0 Å². The number of hydrogen-bond donors (Lipinski definition) is 3. The van der Waals surface area contributed by atoms with E-state index in [-0.39, 0.29) is 39.6 Å². The number of nitrogens with one attached hydrogen (secondary N) is 3. The molecule has 0 radical (unpaired) electrons. The third kappa shape index (κ3) is 18.3. The van der Waals surface area contributed by atoms with Crippen molar-refractivity contribution in [1.82, 2.24) is 16.0 Å². The van der Waals surface area contributed by atoms with Crippen LogP contribution in [0.2, 0.25) is 0 Å². The molecule has 3 N–H and O–H groups in total. The molecule has 16 nitrogen and oxygen atoms in total. The molecule has 0 aliphatic heterocycles. The van der Waals surface area contributed by atoms with Gasteiger partial charge in [-0.15, -0.1) is 0 Å². The Morgan fingerprint density at radius 3 is 0.940 bits per heavy atom. The molecule has 0 rings (SSSR count). The summed E-state index contributed by atoms with van der Waals surface area (Å²) >= 11 is 0. The molecule has 50 heavy (non-hydrogen) atoms. The van der Waals surface area contributed by atoms with Crippen LogP contribution < -0.4 is 16.0 Å². The van der Waals surface area contributed by atoms with Gasteiger partial charge in [0.2, 0.25) is 0 Å². The Bertz CT molecular complexity index is 1010. The smallest absolute Gasteiger partial charge is 0.445 e. The number of alkyl carbamates (subject to hydrolysis) is 3. The third-order valence-corrected chi connectivity index (χ3v) is 9.36. The minimum atomic E-state index is -4.37. The van der Waals surface area contributed by atoms with Crippen LogP contribution in [-0.4, -0.2) is 171 Å². The minimum Gasteiger partial charge on any atom is -0.445 e. The highest BCUT2D eigenvalue weighted by Crippen LogP contribution is 2.50. The van der Waals surface area contributed by atoms with Crippen molar-refractivity contribution >= 4 is 26.1 Å². The van der Waals surface area contributed by atoms with Crippen LogP contribution in [0.5, 0.6) is 0 Å². The summed E-state index contributed by atoms with van der Waals surface area (Å²) in [5, 5.41) is 8.39. The van der Waals surface area contributed by atoms with Gasteiger partial charge in [-0.2, -0.15) is 0 Å². The van der Waals surface area contributed by atoms with Gasteiger partial charge in [0.05, 0.1) is 81.6 Å². The number of phosphoric acid groups is 1. The van der Waals surface area contributed by atoms with Gasteiger partial charge in [0.25, 0.3) is 0 Å². The number of amides is 3. The molecule has 0 aromatic carbocycles. The van der Waals surface area contributed by atoms with Crippen molar-refractivity contribution in [2.24, 2.45) is 0 Å². The average molecular weight is 738 g/mol. The zero-order valence-electron chi connectivity index (χ0n) is 32.4. The van der Waals surface area contributed by atoms with Crippen molar-refractivity contribution in [3.05, 3.63) is 38.0 Å². The molecular weight excluding hydrogens is 671 g/mol. The second kappa shape index (κ2) is 21.4. The van der Waals surface area contributed by atoms with E-state index in [1.54, 1.807) is 20.8 Å². The van der Waals surface area contributed by atoms with E-state index in [9.17, 15) is 18.9 Å². The number of rotatable bonds is 24. The molecule has 6 unspecified atom stereocenters. The molecule has 6 atom stereocenters. The molecule has 0 spiro atoms. The Morgan fingerprint density at radius 1 is 0.540 bits per heavy atom. The Labute approximate surface area is 300 Å². The number of hydrogen-bond acceptors (Lipinski definition) is 10. The molecule has 17 heteroatoms. The van der Waals surface area contributed by atoms with Gasteiger partial charge >= 0.3 is 26.1 Å². The molecule has 0 aliphatic carbocycles. The van der Waals surface area contributed by atoms with Crippen molar-refractivity contribution < 1.29 is 60.2 Å². The van der Waals surface area contributed by atoms with Gasteiger partial charge in [-0.1, -0.05) is 38.0 Å². The second-order valence-corrected chi connectivity index (χ2v) is 16.5. The van der Waals surface area contributed by atoms with Crippen LogP contribution in [0.25, 0.3) is 0 Å². The number of phosphoric ester groups is 1. The first-order valence-corrected chi connectivity index (χ1v) is 18.0. The van der Waals surface area contributed by atoms with Crippen LogP contribution in [0.1, 0.15) is 20.8 Å². The van der Waals surface area contributed by atoms with E-state index >= 15 is 0 Å².